The van der Waals surface area contributed by atoms with Gasteiger partial charge in [0.25, 0.3) is 0 Å². The fourth-order valence-electron chi connectivity index (χ4n) is 2.12. The number of aromatic nitrogens is 1. The first kappa shape index (κ1) is 8.72. The Morgan fingerprint density at radius 2 is 2.43 bits per heavy atom. The number of nitrogens with zero attached hydrogens (tertiary/aromatic N) is 1. The van der Waals surface area contributed by atoms with Crippen LogP contribution in [0.25, 0.3) is 0 Å². The van der Waals surface area contributed by atoms with E-state index in [1.807, 2.05) is 0 Å². The Morgan fingerprint density at radius 1 is 1.57 bits per heavy atom. The van der Waals surface area contributed by atoms with Gasteiger partial charge in [0.2, 0.25) is 0 Å². The van der Waals surface area contributed by atoms with E-state index >= 15 is 0 Å². The number of nitrogens with one attached hydrogen (secondary N) is 1. The molecule has 0 amide bonds. The molecule has 1 aromatic heterocycles. The second-order valence-electron chi connectivity index (χ2n) is 4.49. The summed E-state index contributed by atoms with van der Waals surface area (Å²) >= 11 is 1.75. The quantitative estimate of drug-likeness (QED) is 0.823. The van der Waals surface area contributed by atoms with Gasteiger partial charge in [0.15, 0.2) is 5.13 Å². The summed E-state index contributed by atoms with van der Waals surface area (Å²) in [5.74, 6) is 2.03. The first-order valence-electron chi connectivity index (χ1n) is 5.57. The van der Waals surface area contributed by atoms with Crippen LogP contribution >= 0.6 is 11.3 Å². The Kier molecular flexibility index (Phi) is 2.01. The largest absolute Gasteiger partial charge is 0.358 e. The monoisotopic (exact) mass is 208 g/mol. The minimum atomic E-state index is 0.748. The van der Waals surface area contributed by atoms with Gasteiger partial charge in [0.1, 0.15) is 0 Å². The Labute approximate surface area is 88.7 Å². The van der Waals surface area contributed by atoms with Gasteiger partial charge in [-0.15, -0.1) is 11.3 Å². The van der Waals surface area contributed by atoms with Gasteiger partial charge in [-0.25, -0.2) is 4.98 Å². The van der Waals surface area contributed by atoms with E-state index < -0.39 is 0 Å². The fourth-order valence-corrected chi connectivity index (χ4v) is 2.98. The Bertz CT molecular complexity index is 330. The molecule has 3 rings (SSSR count). The highest BCUT2D eigenvalue weighted by Crippen LogP contribution is 2.51. The first-order chi connectivity index (χ1) is 6.86. The van der Waals surface area contributed by atoms with Gasteiger partial charge < -0.3 is 5.32 Å². The zero-order valence-corrected chi connectivity index (χ0v) is 9.31. The number of anilines is 1. The van der Waals surface area contributed by atoms with E-state index in [0.29, 0.717) is 0 Å². The van der Waals surface area contributed by atoms with Gasteiger partial charge >= 0.3 is 0 Å². The van der Waals surface area contributed by atoms with Crippen LogP contribution in [0, 0.1) is 11.8 Å². The standard InChI is InChI=1S/C11H16N2S/c1-2-8-6-14-11(12-8)13-10-5-9(10)7-3-4-7/h6-7,9-10H,2-5H2,1H3,(H,12,13). The van der Waals surface area contributed by atoms with Crippen LogP contribution in [0.3, 0.4) is 0 Å². The van der Waals surface area contributed by atoms with Crippen molar-refractivity contribution in [2.75, 3.05) is 5.32 Å². The molecule has 3 heteroatoms. The molecule has 2 saturated carbocycles. The van der Waals surface area contributed by atoms with Gasteiger partial charge in [0, 0.05) is 11.4 Å². The average molecular weight is 208 g/mol. The number of hydrogen-bond donors (Lipinski definition) is 1. The highest BCUT2D eigenvalue weighted by Gasteiger charge is 2.47. The molecule has 76 valence electrons. The van der Waals surface area contributed by atoms with E-state index in [1.165, 1.54) is 25.0 Å². The fraction of sp³-hybridized carbons (Fsp3) is 0.727. The third kappa shape index (κ3) is 1.65. The highest BCUT2D eigenvalue weighted by atomic mass is 32.1. The molecule has 0 aromatic carbocycles. The van der Waals surface area contributed by atoms with Crippen molar-refractivity contribution in [1.82, 2.24) is 4.98 Å². The normalized spacial score (nSPS) is 30.4. The Balaban J connectivity index is 1.57. The third-order valence-electron chi connectivity index (χ3n) is 3.29. The van der Waals surface area contributed by atoms with Crippen molar-refractivity contribution < 1.29 is 0 Å². The van der Waals surface area contributed by atoms with Gasteiger partial charge in [-0.1, -0.05) is 6.92 Å². The van der Waals surface area contributed by atoms with E-state index in [0.717, 1.165) is 29.4 Å². The second-order valence-corrected chi connectivity index (χ2v) is 5.34. The molecule has 2 fully saturated rings. The van der Waals surface area contributed by atoms with Gasteiger partial charge in [-0.3, -0.25) is 0 Å². The zero-order valence-electron chi connectivity index (χ0n) is 8.49. The van der Waals surface area contributed by atoms with Gasteiger partial charge in [0.05, 0.1) is 5.69 Å². The number of hydrogen-bond acceptors (Lipinski definition) is 3. The molecule has 2 nitrogen and oxygen atoms in total. The van der Waals surface area contributed by atoms with Crippen molar-refractivity contribution in [3.63, 3.8) is 0 Å². The SMILES string of the molecule is CCc1csc(NC2CC2C2CC2)n1. The molecule has 0 saturated heterocycles. The van der Waals surface area contributed by atoms with Crippen LogP contribution in [-0.4, -0.2) is 11.0 Å². The lowest BCUT2D eigenvalue weighted by molar-refractivity contribution is 0.697. The summed E-state index contributed by atoms with van der Waals surface area (Å²) in [5.41, 5.74) is 1.22. The van der Waals surface area contributed by atoms with Crippen molar-refractivity contribution in [2.45, 2.75) is 38.6 Å². The lowest BCUT2D eigenvalue weighted by atomic mass is 10.3. The lowest BCUT2D eigenvalue weighted by Gasteiger charge is -1.99. The maximum absolute atomic E-state index is 4.53. The van der Waals surface area contributed by atoms with Crippen LogP contribution < -0.4 is 5.32 Å². The smallest absolute Gasteiger partial charge is 0.183 e. The van der Waals surface area contributed by atoms with E-state index in [9.17, 15) is 0 Å². The molecule has 0 aliphatic heterocycles. The second kappa shape index (κ2) is 3.23. The molecule has 1 heterocycles. The summed E-state index contributed by atoms with van der Waals surface area (Å²) in [7, 11) is 0. The Hall–Kier alpha value is -0.570. The summed E-state index contributed by atoms with van der Waals surface area (Å²) in [6.07, 6.45) is 5.38. The number of thiazole rings is 1. The van der Waals surface area contributed by atoms with Crippen LogP contribution in [-0.2, 0) is 6.42 Å². The molecule has 1 N–H and O–H groups in total. The van der Waals surface area contributed by atoms with E-state index in [-0.39, 0.29) is 0 Å². The lowest BCUT2D eigenvalue weighted by Crippen LogP contribution is -2.04. The molecule has 14 heavy (non-hydrogen) atoms. The molecule has 0 radical (unpaired) electrons. The predicted molar refractivity (Wildman–Crippen MR) is 59.7 cm³/mol. The van der Waals surface area contributed by atoms with E-state index in [1.54, 1.807) is 11.3 Å². The third-order valence-corrected chi connectivity index (χ3v) is 4.11. The van der Waals surface area contributed by atoms with Crippen LogP contribution in [0.4, 0.5) is 5.13 Å². The van der Waals surface area contributed by atoms with E-state index in [2.05, 4.69) is 22.6 Å². The summed E-state index contributed by atoms with van der Waals surface area (Å²) < 4.78 is 0. The molecule has 0 bridgehead atoms. The van der Waals surface area contributed by atoms with E-state index in [4.69, 9.17) is 0 Å². The summed E-state index contributed by atoms with van der Waals surface area (Å²) in [6.45, 7) is 2.16. The number of aryl methyl sites for hydroxylation is 1. The van der Waals surface area contributed by atoms with Crippen molar-refractivity contribution in [3.05, 3.63) is 11.1 Å². The molecule has 2 aliphatic carbocycles. The average Bonchev–Trinajstić information content (AvgIpc) is 3.04. The molecule has 2 atom stereocenters. The van der Waals surface area contributed by atoms with Crippen LogP contribution in [0.15, 0.2) is 5.38 Å². The van der Waals surface area contributed by atoms with Gasteiger partial charge in [-0.05, 0) is 37.5 Å². The minimum absolute atomic E-state index is 0.748. The van der Waals surface area contributed by atoms with Gasteiger partial charge in [-0.2, -0.15) is 0 Å². The topological polar surface area (TPSA) is 24.9 Å². The predicted octanol–water partition coefficient (Wildman–Crippen LogP) is 2.92. The van der Waals surface area contributed by atoms with Crippen molar-refractivity contribution in [2.24, 2.45) is 11.8 Å². The van der Waals surface area contributed by atoms with Crippen molar-refractivity contribution >= 4 is 16.5 Å². The minimum Gasteiger partial charge on any atom is -0.358 e. The maximum Gasteiger partial charge on any atom is 0.183 e. The summed E-state index contributed by atoms with van der Waals surface area (Å²) in [4.78, 5) is 4.53. The molecule has 2 aliphatic rings. The molecule has 2 unspecified atom stereocenters. The van der Waals surface area contributed by atoms with Crippen LogP contribution in [0.2, 0.25) is 0 Å². The molecular weight excluding hydrogens is 192 g/mol. The van der Waals surface area contributed by atoms with Crippen LogP contribution in [0.5, 0.6) is 0 Å². The zero-order chi connectivity index (χ0) is 9.54. The maximum atomic E-state index is 4.53. The van der Waals surface area contributed by atoms with Crippen LogP contribution in [0.1, 0.15) is 31.9 Å². The Morgan fingerprint density at radius 3 is 3.07 bits per heavy atom. The first-order valence-corrected chi connectivity index (χ1v) is 6.45. The van der Waals surface area contributed by atoms with Crippen molar-refractivity contribution in [3.8, 4) is 0 Å². The molecule has 0 spiro atoms. The highest BCUT2D eigenvalue weighted by molar-refractivity contribution is 7.13. The molecular formula is C11H16N2S. The molecule has 1 aromatic rings. The summed E-state index contributed by atoms with van der Waals surface area (Å²) in [5, 5.41) is 6.85. The summed E-state index contributed by atoms with van der Waals surface area (Å²) in [6, 6.07) is 0.748. The van der Waals surface area contributed by atoms with Crippen molar-refractivity contribution in [1.29, 1.82) is 0 Å². The number of rotatable bonds is 4.